The highest BCUT2D eigenvalue weighted by Crippen LogP contribution is 2.23. The number of halogens is 2. The zero-order valence-corrected chi connectivity index (χ0v) is 18.7. The molecule has 0 aliphatic heterocycles. The molecule has 2 aromatic carbocycles. The van der Waals surface area contributed by atoms with Gasteiger partial charge in [-0.1, -0.05) is 56.1 Å². The first kappa shape index (κ1) is 23.7. The van der Waals surface area contributed by atoms with Crippen LogP contribution in [-0.2, 0) is 19.7 Å². The quantitative estimate of drug-likeness (QED) is 0.630. The molecule has 0 spiro atoms. The lowest BCUT2D eigenvalue weighted by Crippen LogP contribution is -2.35. The van der Waals surface area contributed by atoms with E-state index in [1.165, 1.54) is 25.1 Å². The monoisotopic (exact) mass is 450 g/mol. The molecule has 0 saturated heterocycles. The van der Waals surface area contributed by atoms with E-state index in [0.29, 0.717) is 21.3 Å². The van der Waals surface area contributed by atoms with Gasteiger partial charge in [-0.3, -0.25) is 14.4 Å². The van der Waals surface area contributed by atoms with E-state index in [1.807, 2.05) is 12.1 Å². The average Bonchev–Trinajstić information content (AvgIpc) is 2.64. The molecule has 1 unspecified atom stereocenters. The van der Waals surface area contributed by atoms with Gasteiger partial charge < -0.3 is 15.4 Å². The number of hydrogen-bond acceptors (Lipinski definition) is 4. The van der Waals surface area contributed by atoms with Crippen LogP contribution in [0.3, 0.4) is 0 Å². The summed E-state index contributed by atoms with van der Waals surface area (Å²) in [6.07, 6.45) is -1.07. The van der Waals surface area contributed by atoms with Crippen LogP contribution in [0.2, 0.25) is 10.0 Å². The van der Waals surface area contributed by atoms with E-state index in [9.17, 15) is 14.4 Å². The first-order valence-corrected chi connectivity index (χ1v) is 10.1. The van der Waals surface area contributed by atoms with Crippen LogP contribution < -0.4 is 10.6 Å². The van der Waals surface area contributed by atoms with Crippen LogP contribution in [0, 0.1) is 0 Å². The van der Waals surface area contributed by atoms with Gasteiger partial charge in [0.25, 0.3) is 11.8 Å². The van der Waals surface area contributed by atoms with Crippen LogP contribution in [0.15, 0.2) is 42.5 Å². The Balaban J connectivity index is 1.84. The summed E-state index contributed by atoms with van der Waals surface area (Å²) in [7, 11) is 0. The molecule has 6 nitrogen and oxygen atoms in total. The number of anilines is 1. The van der Waals surface area contributed by atoms with Gasteiger partial charge in [0.05, 0.1) is 0 Å². The number of carbonyl (C=O) groups is 3. The third kappa shape index (κ3) is 7.04. The van der Waals surface area contributed by atoms with E-state index in [0.717, 1.165) is 5.56 Å². The first-order chi connectivity index (χ1) is 14.0. The fourth-order valence-electron chi connectivity index (χ4n) is 2.54. The van der Waals surface area contributed by atoms with Crippen molar-refractivity contribution in [2.45, 2.75) is 39.2 Å². The summed E-state index contributed by atoms with van der Waals surface area (Å²) in [5.74, 6) is -1.69. The number of esters is 1. The topological polar surface area (TPSA) is 84.5 Å². The molecular weight excluding hydrogens is 427 g/mol. The van der Waals surface area contributed by atoms with E-state index >= 15 is 0 Å². The van der Waals surface area contributed by atoms with Crippen molar-refractivity contribution in [1.82, 2.24) is 5.32 Å². The molecular formula is C22H24Cl2N2O4. The largest absolute Gasteiger partial charge is 0.451 e. The van der Waals surface area contributed by atoms with Gasteiger partial charge >= 0.3 is 5.97 Å². The molecule has 160 valence electrons. The lowest BCUT2D eigenvalue weighted by molar-refractivity contribution is -0.152. The molecule has 2 N–H and O–H groups in total. The molecule has 0 bridgehead atoms. The van der Waals surface area contributed by atoms with Crippen molar-refractivity contribution in [2.24, 2.45) is 0 Å². The third-order valence-electron chi connectivity index (χ3n) is 4.21. The van der Waals surface area contributed by atoms with E-state index in [4.69, 9.17) is 27.9 Å². The minimum atomic E-state index is -1.07. The number of benzene rings is 2. The Morgan fingerprint density at radius 3 is 2.10 bits per heavy atom. The Morgan fingerprint density at radius 2 is 1.57 bits per heavy atom. The van der Waals surface area contributed by atoms with Gasteiger partial charge in [0.1, 0.15) is 6.54 Å². The number of ether oxygens (including phenoxy) is 1. The minimum absolute atomic E-state index is 0.0219. The second-order valence-electron chi connectivity index (χ2n) is 7.79. The fourth-order valence-corrected chi connectivity index (χ4v) is 3.06. The molecule has 0 aromatic heterocycles. The second-order valence-corrected chi connectivity index (χ2v) is 8.66. The van der Waals surface area contributed by atoms with E-state index in [1.54, 1.807) is 12.1 Å². The van der Waals surface area contributed by atoms with Crippen LogP contribution in [-0.4, -0.2) is 30.4 Å². The SMILES string of the molecule is CC(OC(=O)CNC(=O)c1ccc(C(C)(C)C)cc1)C(=O)Nc1cc(Cl)cc(Cl)c1. The normalized spacial score (nSPS) is 12.1. The summed E-state index contributed by atoms with van der Waals surface area (Å²) in [5.41, 5.74) is 1.89. The summed E-state index contributed by atoms with van der Waals surface area (Å²) in [6, 6.07) is 11.7. The highest BCUT2D eigenvalue weighted by atomic mass is 35.5. The summed E-state index contributed by atoms with van der Waals surface area (Å²) in [6.45, 7) is 7.30. The van der Waals surface area contributed by atoms with Gasteiger partial charge in [-0.25, -0.2) is 0 Å². The maximum absolute atomic E-state index is 12.2. The molecule has 0 radical (unpaired) electrons. The molecule has 0 saturated carbocycles. The van der Waals surface area contributed by atoms with E-state index in [-0.39, 0.29) is 12.0 Å². The van der Waals surface area contributed by atoms with Crippen molar-refractivity contribution in [3.05, 3.63) is 63.6 Å². The highest BCUT2D eigenvalue weighted by Gasteiger charge is 2.19. The van der Waals surface area contributed by atoms with Crippen molar-refractivity contribution in [3.63, 3.8) is 0 Å². The summed E-state index contributed by atoms with van der Waals surface area (Å²) in [5, 5.41) is 5.77. The molecule has 2 aromatic rings. The summed E-state index contributed by atoms with van der Waals surface area (Å²) in [4.78, 5) is 36.4. The Kier molecular flexibility index (Phi) is 7.87. The number of hydrogen-bond donors (Lipinski definition) is 2. The summed E-state index contributed by atoms with van der Waals surface area (Å²) >= 11 is 11.8. The third-order valence-corrected chi connectivity index (χ3v) is 4.65. The van der Waals surface area contributed by atoms with Crippen molar-refractivity contribution in [1.29, 1.82) is 0 Å². The maximum Gasteiger partial charge on any atom is 0.326 e. The molecule has 0 fully saturated rings. The van der Waals surface area contributed by atoms with Crippen molar-refractivity contribution in [3.8, 4) is 0 Å². The number of carbonyl (C=O) groups excluding carboxylic acids is 3. The minimum Gasteiger partial charge on any atom is -0.451 e. The average molecular weight is 451 g/mol. The van der Waals surface area contributed by atoms with E-state index < -0.39 is 23.9 Å². The summed E-state index contributed by atoms with van der Waals surface area (Å²) < 4.78 is 5.06. The van der Waals surface area contributed by atoms with Gasteiger partial charge in [0, 0.05) is 21.3 Å². The lowest BCUT2D eigenvalue weighted by atomic mass is 9.87. The van der Waals surface area contributed by atoms with Crippen LogP contribution >= 0.6 is 23.2 Å². The maximum atomic E-state index is 12.2. The van der Waals surface area contributed by atoms with Gasteiger partial charge in [0.15, 0.2) is 6.10 Å². The Bertz CT molecular complexity index is 917. The Hall–Kier alpha value is -2.57. The van der Waals surface area contributed by atoms with Gasteiger partial charge in [-0.15, -0.1) is 0 Å². The lowest BCUT2D eigenvalue weighted by Gasteiger charge is -2.19. The molecule has 0 aliphatic rings. The van der Waals surface area contributed by atoms with Gasteiger partial charge in [0.2, 0.25) is 0 Å². The standard InChI is InChI=1S/C22H24Cl2N2O4/c1-13(20(28)26-18-10-16(23)9-17(24)11-18)30-19(27)12-25-21(29)14-5-7-15(8-6-14)22(2,3)4/h5-11,13H,12H2,1-4H3,(H,25,29)(H,26,28). The fraction of sp³-hybridized carbons (Fsp3) is 0.318. The van der Waals surface area contributed by atoms with Gasteiger partial charge in [-0.2, -0.15) is 0 Å². The van der Waals surface area contributed by atoms with Crippen molar-refractivity contribution < 1.29 is 19.1 Å². The molecule has 0 heterocycles. The van der Waals surface area contributed by atoms with Crippen LogP contribution in [0.4, 0.5) is 5.69 Å². The van der Waals surface area contributed by atoms with Crippen LogP contribution in [0.5, 0.6) is 0 Å². The van der Waals surface area contributed by atoms with Gasteiger partial charge in [-0.05, 0) is 48.2 Å². The molecule has 2 amide bonds. The number of nitrogens with one attached hydrogen (secondary N) is 2. The molecule has 2 rings (SSSR count). The molecule has 8 heteroatoms. The smallest absolute Gasteiger partial charge is 0.326 e. The molecule has 0 aliphatic carbocycles. The van der Waals surface area contributed by atoms with Crippen molar-refractivity contribution in [2.75, 3.05) is 11.9 Å². The van der Waals surface area contributed by atoms with Crippen molar-refractivity contribution >= 4 is 46.7 Å². The first-order valence-electron chi connectivity index (χ1n) is 9.31. The zero-order chi connectivity index (χ0) is 22.5. The Morgan fingerprint density at radius 1 is 1.00 bits per heavy atom. The highest BCUT2D eigenvalue weighted by molar-refractivity contribution is 6.35. The number of amides is 2. The van der Waals surface area contributed by atoms with Crippen LogP contribution in [0.1, 0.15) is 43.6 Å². The van der Waals surface area contributed by atoms with E-state index in [2.05, 4.69) is 31.4 Å². The van der Waals surface area contributed by atoms with Crippen LogP contribution in [0.25, 0.3) is 0 Å². The second kappa shape index (κ2) is 9.96. The molecule has 1 atom stereocenters. The Labute approximate surface area is 185 Å². The predicted octanol–water partition coefficient (Wildman–Crippen LogP) is 4.59. The number of rotatable bonds is 6. The zero-order valence-electron chi connectivity index (χ0n) is 17.2. The molecule has 30 heavy (non-hydrogen) atoms. The predicted molar refractivity (Wildman–Crippen MR) is 118 cm³/mol.